The van der Waals surface area contributed by atoms with Crippen LogP contribution in [0.15, 0.2) is 0 Å². The second kappa shape index (κ2) is 6.05. The molecule has 1 saturated carbocycles. The largest absolute Gasteiger partial charge is 0.441 e. The molecule has 1 saturated heterocycles. The van der Waals surface area contributed by atoms with Gasteiger partial charge in [0.25, 0.3) is 0 Å². The van der Waals surface area contributed by atoms with Crippen LogP contribution in [0.25, 0.3) is 0 Å². The van der Waals surface area contributed by atoms with E-state index in [-0.39, 0.29) is 28.6 Å². The number of alkyl halides is 3. The molecule has 1 N–H and O–H groups in total. The van der Waals surface area contributed by atoms with Crippen LogP contribution in [0.1, 0.15) is 46.0 Å². The van der Waals surface area contributed by atoms with Crippen molar-refractivity contribution in [3.63, 3.8) is 0 Å². The molecular weight excluding hydrogens is 285 g/mol. The summed E-state index contributed by atoms with van der Waals surface area (Å²) in [5, 5.41) is 3.70. The number of piperazine rings is 1. The molecule has 1 spiro atoms. The van der Waals surface area contributed by atoms with E-state index in [2.05, 4.69) is 24.1 Å². The quantitative estimate of drug-likeness (QED) is 0.854. The fraction of sp³-hybridized carbons (Fsp3) is 1.00. The molecule has 0 bridgehead atoms. The Balaban J connectivity index is 1.96. The van der Waals surface area contributed by atoms with Crippen LogP contribution in [-0.2, 0) is 0 Å². The number of halogens is 3. The SMILES string of the molecule is CCC1(C)CNC2(CCCC2)CN1CCSC(F)(F)F. The van der Waals surface area contributed by atoms with Crippen LogP contribution in [0, 0.1) is 0 Å². The second-order valence-corrected chi connectivity index (χ2v) is 7.57. The number of nitrogens with one attached hydrogen (secondary N) is 1. The Morgan fingerprint density at radius 1 is 1.25 bits per heavy atom. The molecule has 0 aromatic rings. The Kier molecular flexibility index (Phi) is 4.97. The van der Waals surface area contributed by atoms with Crippen LogP contribution in [0.2, 0.25) is 0 Å². The average Bonchev–Trinajstić information content (AvgIpc) is 2.81. The summed E-state index contributed by atoms with van der Waals surface area (Å²) in [6.07, 6.45) is 5.76. The van der Waals surface area contributed by atoms with Gasteiger partial charge in [0.05, 0.1) is 0 Å². The molecule has 1 aliphatic heterocycles. The lowest BCUT2D eigenvalue weighted by atomic mass is 9.85. The second-order valence-electron chi connectivity index (χ2n) is 6.41. The minimum atomic E-state index is -4.11. The highest BCUT2D eigenvalue weighted by molar-refractivity contribution is 8.00. The molecule has 20 heavy (non-hydrogen) atoms. The highest BCUT2D eigenvalue weighted by Gasteiger charge is 2.45. The lowest BCUT2D eigenvalue weighted by Crippen LogP contribution is -2.68. The maximum atomic E-state index is 12.3. The van der Waals surface area contributed by atoms with Crippen molar-refractivity contribution in [2.45, 2.75) is 62.5 Å². The van der Waals surface area contributed by atoms with E-state index in [4.69, 9.17) is 0 Å². The van der Waals surface area contributed by atoms with Gasteiger partial charge in [-0.2, -0.15) is 13.2 Å². The molecular formula is C14H25F3N2S. The standard InChI is InChI=1S/C14H25F3N2S/c1-3-12(2)10-18-13(6-4-5-7-13)11-19(12)8-9-20-14(15,16)17/h18H,3-11H2,1-2H3. The van der Waals surface area contributed by atoms with Crippen molar-refractivity contribution in [1.29, 1.82) is 0 Å². The number of hydrogen-bond donors (Lipinski definition) is 1. The van der Waals surface area contributed by atoms with Gasteiger partial charge in [0, 0.05) is 36.5 Å². The average molecular weight is 310 g/mol. The summed E-state index contributed by atoms with van der Waals surface area (Å²) >= 11 is 0.107. The molecule has 2 fully saturated rings. The van der Waals surface area contributed by atoms with E-state index in [1.807, 2.05) is 0 Å². The molecule has 0 aromatic heterocycles. The third kappa shape index (κ3) is 3.83. The van der Waals surface area contributed by atoms with Gasteiger partial charge in [-0.3, -0.25) is 4.90 Å². The van der Waals surface area contributed by atoms with Crippen LogP contribution in [0.5, 0.6) is 0 Å². The Morgan fingerprint density at radius 2 is 1.90 bits per heavy atom. The van der Waals surface area contributed by atoms with E-state index < -0.39 is 5.51 Å². The topological polar surface area (TPSA) is 15.3 Å². The molecule has 2 nitrogen and oxygen atoms in total. The first-order valence-electron chi connectivity index (χ1n) is 7.49. The Bertz CT molecular complexity index is 329. The van der Waals surface area contributed by atoms with Crippen LogP contribution in [0.4, 0.5) is 13.2 Å². The van der Waals surface area contributed by atoms with Crippen LogP contribution >= 0.6 is 11.8 Å². The lowest BCUT2D eigenvalue weighted by Gasteiger charge is -2.52. The zero-order valence-corrected chi connectivity index (χ0v) is 13.2. The zero-order chi connectivity index (χ0) is 14.9. The Hall–Kier alpha value is 0.0600. The monoisotopic (exact) mass is 310 g/mol. The van der Waals surface area contributed by atoms with Gasteiger partial charge in [0.2, 0.25) is 0 Å². The molecule has 0 amide bonds. The van der Waals surface area contributed by atoms with E-state index in [1.54, 1.807) is 0 Å². The molecule has 6 heteroatoms. The maximum absolute atomic E-state index is 12.3. The first-order valence-corrected chi connectivity index (χ1v) is 8.48. The molecule has 0 radical (unpaired) electrons. The highest BCUT2D eigenvalue weighted by Crippen LogP contribution is 2.37. The normalized spacial score (nSPS) is 31.1. The molecule has 118 valence electrons. The van der Waals surface area contributed by atoms with Gasteiger partial charge in [0.1, 0.15) is 0 Å². The molecule has 1 heterocycles. The lowest BCUT2D eigenvalue weighted by molar-refractivity contribution is -0.0334. The zero-order valence-electron chi connectivity index (χ0n) is 12.4. The molecule has 1 aliphatic carbocycles. The molecule has 1 unspecified atom stereocenters. The van der Waals surface area contributed by atoms with Crippen LogP contribution < -0.4 is 5.32 Å². The summed E-state index contributed by atoms with van der Waals surface area (Å²) in [6.45, 7) is 6.60. The van der Waals surface area contributed by atoms with E-state index in [1.165, 1.54) is 12.8 Å². The number of thioether (sulfide) groups is 1. The Labute approximate surface area is 123 Å². The van der Waals surface area contributed by atoms with Crippen molar-refractivity contribution >= 4 is 11.8 Å². The number of nitrogens with zero attached hydrogens (tertiary/aromatic N) is 1. The van der Waals surface area contributed by atoms with Gasteiger partial charge in [-0.25, -0.2) is 0 Å². The summed E-state index contributed by atoms with van der Waals surface area (Å²) in [4.78, 5) is 2.30. The summed E-state index contributed by atoms with van der Waals surface area (Å²) < 4.78 is 36.9. The summed E-state index contributed by atoms with van der Waals surface area (Å²) in [7, 11) is 0. The Morgan fingerprint density at radius 3 is 2.45 bits per heavy atom. The molecule has 2 rings (SSSR count). The van der Waals surface area contributed by atoms with Gasteiger partial charge in [-0.1, -0.05) is 19.8 Å². The molecule has 1 atom stereocenters. The molecule has 2 aliphatic rings. The highest BCUT2D eigenvalue weighted by atomic mass is 32.2. The summed E-state index contributed by atoms with van der Waals surface area (Å²) in [5.41, 5.74) is -3.96. The first kappa shape index (κ1) is 16.4. The number of hydrogen-bond acceptors (Lipinski definition) is 3. The third-order valence-corrected chi connectivity index (χ3v) is 5.76. The third-order valence-electron chi connectivity index (χ3n) is 5.05. The molecule has 0 aromatic carbocycles. The van der Waals surface area contributed by atoms with Crippen molar-refractivity contribution in [3.8, 4) is 0 Å². The van der Waals surface area contributed by atoms with Crippen molar-refractivity contribution in [2.24, 2.45) is 0 Å². The minimum Gasteiger partial charge on any atom is -0.308 e. The number of rotatable bonds is 4. The minimum absolute atomic E-state index is 0.0139. The predicted octanol–water partition coefficient (Wildman–Crippen LogP) is 3.63. The van der Waals surface area contributed by atoms with E-state index >= 15 is 0 Å². The van der Waals surface area contributed by atoms with E-state index in [9.17, 15) is 13.2 Å². The maximum Gasteiger partial charge on any atom is 0.441 e. The van der Waals surface area contributed by atoms with Crippen LogP contribution in [0.3, 0.4) is 0 Å². The summed E-state index contributed by atoms with van der Waals surface area (Å²) in [6, 6.07) is 0. The van der Waals surface area contributed by atoms with E-state index in [0.717, 1.165) is 32.4 Å². The van der Waals surface area contributed by atoms with E-state index in [0.29, 0.717) is 6.54 Å². The fourth-order valence-corrected chi connectivity index (χ4v) is 4.00. The van der Waals surface area contributed by atoms with Gasteiger partial charge < -0.3 is 5.32 Å². The van der Waals surface area contributed by atoms with Crippen molar-refractivity contribution in [3.05, 3.63) is 0 Å². The summed E-state index contributed by atoms with van der Waals surface area (Å²) in [5.74, 6) is 0.134. The first-order chi connectivity index (χ1) is 9.29. The van der Waals surface area contributed by atoms with Gasteiger partial charge in [-0.05, 0) is 37.9 Å². The van der Waals surface area contributed by atoms with Crippen molar-refractivity contribution in [1.82, 2.24) is 10.2 Å². The predicted molar refractivity (Wildman–Crippen MR) is 78.0 cm³/mol. The van der Waals surface area contributed by atoms with Gasteiger partial charge >= 0.3 is 5.51 Å². The van der Waals surface area contributed by atoms with Crippen molar-refractivity contribution in [2.75, 3.05) is 25.4 Å². The smallest absolute Gasteiger partial charge is 0.308 e. The van der Waals surface area contributed by atoms with Gasteiger partial charge in [-0.15, -0.1) is 0 Å². The van der Waals surface area contributed by atoms with Crippen molar-refractivity contribution < 1.29 is 13.2 Å². The van der Waals surface area contributed by atoms with Crippen LogP contribution in [-0.4, -0.2) is 46.9 Å². The fourth-order valence-electron chi connectivity index (χ4n) is 3.46. The van der Waals surface area contributed by atoms with Gasteiger partial charge in [0.15, 0.2) is 0 Å².